The van der Waals surface area contributed by atoms with Crippen LogP contribution in [0.1, 0.15) is 12.5 Å². The number of benzene rings is 2. The monoisotopic (exact) mass is 379 g/mol. The molecule has 0 aliphatic heterocycles. The molecular formula is C26H21NS. The lowest BCUT2D eigenvalue weighted by Crippen LogP contribution is -1.88. The quantitative estimate of drug-likeness (QED) is 0.323. The van der Waals surface area contributed by atoms with Gasteiger partial charge in [-0.2, -0.15) is 0 Å². The van der Waals surface area contributed by atoms with Gasteiger partial charge in [-0.25, -0.2) is 0 Å². The minimum absolute atomic E-state index is 1.11. The van der Waals surface area contributed by atoms with Gasteiger partial charge in [0, 0.05) is 44.0 Å². The molecule has 0 atom stereocenters. The molecule has 0 fully saturated rings. The van der Waals surface area contributed by atoms with Crippen LogP contribution in [0, 0.1) is 0 Å². The topological polar surface area (TPSA) is 12.9 Å². The average molecular weight is 380 g/mol. The summed E-state index contributed by atoms with van der Waals surface area (Å²) in [5.74, 6) is 0. The summed E-state index contributed by atoms with van der Waals surface area (Å²) in [6.45, 7) is 5.91. The van der Waals surface area contributed by atoms with Crippen molar-refractivity contribution in [1.29, 1.82) is 0 Å². The lowest BCUT2D eigenvalue weighted by Gasteiger charge is -2.09. The van der Waals surface area contributed by atoms with Crippen LogP contribution in [0.4, 0.5) is 0 Å². The Hall–Kier alpha value is -3.23. The first-order valence-electron chi connectivity index (χ1n) is 9.30. The predicted molar refractivity (Wildman–Crippen MR) is 123 cm³/mol. The lowest BCUT2D eigenvalue weighted by atomic mass is 9.97. The summed E-state index contributed by atoms with van der Waals surface area (Å²) in [4.78, 5) is 6.97. The van der Waals surface area contributed by atoms with Crippen LogP contribution in [-0.2, 0) is 0 Å². The van der Waals surface area contributed by atoms with Crippen LogP contribution in [0.3, 0.4) is 0 Å². The molecule has 4 rings (SSSR count). The molecule has 2 aromatic heterocycles. The van der Waals surface area contributed by atoms with Gasteiger partial charge in [0.05, 0.1) is 0 Å². The van der Waals surface area contributed by atoms with Crippen LogP contribution in [0.2, 0.25) is 0 Å². The molecule has 0 N–H and O–H groups in total. The van der Waals surface area contributed by atoms with Gasteiger partial charge in [-0.3, -0.25) is 4.98 Å². The first-order valence-corrected chi connectivity index (χ1v) is 10.1. The Morgan fingerprint density at radius 3 is 2.36 bits per heavy atom. The molecule has 0 amide bonds. The van der Waals surface area contributed by atoms with Crippen LogP contribution >= 0.6 is 11.3 Å². The van der Waals surface area contributed by atoms with E-state index in [9.17, 15) is 0 Å². The van der Waals surface area contributed by atoms with Crippen LogP contribution in [0.15, 0.2) is 104 Å². The molecule has 136 valence electrons. The van der Waals surface area contributed by atoms with E-state index in [0.717, 1.165) is 11.1 Å². The van der Waals surface area contributed by atoms with E-state index in [1.807, 2.05) is 48.9 Å². The minimum Gasteiger partial charge on any atom is -0.264 e. The number of pyridine rings is 1. The molecule has 0 saturated carbocycles. The van der Waals surface area contributed by atoms with Gasteiger partial charge in [0.25, 0.3) is 0 Å². The highest BCUT2D eigenvalue weighted by atomic mass is 32.1. The molecule has 2 aromatic carbocycles. The highest BCUT2D eigenvalue weighted by Crippen LogP contribution is 2.45. The summed E-state index contributed by atoms with van der Waals surface area (Å²) < 4.78 is 0. The number of fused-ring (bicyclic) bond motifs is 1. The van der Waals surface area contributed by atoms with Crippen molar-refractivity contribution in [2.45, 2.75) is 6.92 Å². The first kappa shape index (κ1) is 18.1. The summed E-state index contributed by atoms with van der Waals surface area (Å²) in [7, 11) is 0. The Kier molecular flexibility index (Phi) is 5.31. The molecule has 0 bridgehead atoms. The molecule has 0 radical (unpaired) electrons. The Morgan fingerprint density at radius 2 is 1.64 bits per heavy atom. The standard InChI is InChI=1S/C26H21NS/c1-3-10-19(11-4-2)24-18-27-17-16-23(24)26-22-15-9-8-14-21(22)25(28-26)20-12-6-5-7-13-20/h3-18H,1H2,2H3/b11-4-,19-10+. The van der Waals surface area contributed by atoms with Crippen molar-refractivity contribution in [3.8, 4) is 20.9 Å². The fourth-order valence-electron chi connectivity index (χ4n) is 3.46. The van der Waals surface area contributed by atoms with E-state index in [2.05, 4.69) is 78.3 Å². The van der Waals surface area contributed by atoms with Crippen molar-refractivity contribution in [3.63, 3.8) is 0 Å². The zero-order valence-electron chi connectivity index (χ0n) is 15.8. The first-order chi connectivity index (χ1) is 13.8. The SMILES string of the molecule is C=C/C=C(\C=C/C)c1cnccc1-c1sc(-c2ccccc2)c2ccccc12. The van der Waals surface area contributed by atoms with Gasteiger partial charge in [-0.05, 0) is 24.1 Å². The molecule has 2 heterocycles. The normalized spacial score (nSPS) is 12.0. The second kappa shape index (κ2) is 8.20. The molecule has 0 unspecified atom stereocenters. The maximum absolute atomic E-state index is 4.40. The highest BCUT2D eigenvalue weighted by molar-refractivity contribution is 7.21. The van der Waals surface area contributed by atoms with Crippen LogP contribution in [-0.4, -0.2) is 4.98 Å². The molecule has 0 aliphatic carbocycles. The van der Waals surface area contributed by atoms with E-state index in [1.54, 1.807) is 0 Å². The van der Waals surface area contributed by atoms with Gasteiger partial charge < -0.3 is 0 Å². The number of rotatable bonds is 5. The number of aromatic nitrogens is 1. The van der Waals surface area contributed by atoms with Crippen LogP contribution in [0.5, 0.6) is 0 Å². The summed E-state index contributed by atoms with van der Waals surface area (Å²) in [5.41, 5.74) is 4.68. The minimum atomic E-state index is 1.11. The molecular weight excluding hydrogens is 358 g/mol. The molecule has 4 aromatic rings. The van der Waals surface area contributed by atoms with Crippen molar-refractivity contribution in [3.05, 3.63) is 110 Å². The Balaban J connectivity index is 2.00. The van der Waals surface area contributed by atoms with Crippen LogP contribution < -0.4 is 0 Å². The maximum atomic E-state index is 4.40. The highest BCUT2D eigenvalue weighted by Gasteiger charge is 2.17. The molecule has 2 heteroatoms. The number of hydrogen-bond donors (Lipinski definition) is 0. The summed E-state index contributed by atoms with van der Waals surface area (Å²) in [6, 6.07) is 21.4. The lowest BCUT2D eigenvalue weighted by molar-refractivity contribution is 1.31. The molecule has 0 aliphatic rings. The second-order valence-corrected chi connectivity index (χ2v) is 7.47. The van der Waals surface area contributed by atoms with Gasteiger partial charge in [0.2, 0.25) is 0 Å². The molecule has 28 heavy (non-hydrogen) atoms. The third kappa shape index (κ3) is 3.35. The van der Waals surface area contributed by atoms with E-state index in [1.165, 1.54) is 31.7 Å². The third-order valence-corrected chi connectivity index (χ3v) is 5.98. The maximum Gasteiger partial charge on any atom is 0.0435 e. The summed E-state index contributed by atoms with van der Waals surface area (Å²) in [6.07, 6.45) is 11.8. The molecule has 0 spiro atoms. The van der Waals surface area contributed by atoms with Crippen molar-refractivity contribution in [2.24, 2.45) is 0 Å². The summed E-state index contributed by atoms with van der Waals surface area (Å²) >= 11 is 1.84. The van der Waals surface area contributed by atoms with Crippen molar-refractivity contribution < 1.29 is 0 Å². The number of hydrogen-bond acceptors (Lipinski definition) is 2. The van der Waals surface area contributed by atoms with E-state index in [-0.39, 0.29) is 0 Å². The van der Waals surface area contributed by atoms with E-state index in [0.29, 0.717) is 0 Å². The van der Waals surface area contributed by atoms with Crippen LogP contribution in [0.25, 0.3) is 37.2 Å². The third-order valence-electron chi connectivity index (χ3n) is 4.68. The van der Waals surface area contributed by atoms with Crippen molar-refractivity contribution in [1.82, 2.24) is 4.98 Å². The van der Waals surface area contributed by atoms with Gasteiger partial charge in [0.15, 0.2) is 0 Å². The van der Waals surface area contributed by atoms with Crippen molar-refractivity contribution >= 4 is 27.7 Å². The number of nitrogens with zero attached hydrogens (tertiary/aromatic N) is 1. The van der Waals surface area contributed by atoms with Gasteiger partial charge >= 0.3 is 0 Å². The van der Waals surface area contributed by atoms with Crippen molar-refractivity contribution in [2.75, 3.05) is 0 Å². The fourth-order valence-corrected chi connectivity index (χ4v) is 4.78. The Labute approximate surface area is 170 Å². The number of thiophene rings is 1. The fraction of sp³-hybridized carbons (Fsp3) is 0.0385. The van der Waals surface area contributed by atoms with Gasteiger partial charge in [-0.15, -0.1) is 11.3 Å². The van der Waals surface area contributed by atoms with Gasteiger partial charge in [-0.1, -0.05) is 85.5 Å². The Bertz CT molecular complexity index is 1180. The zero-order valence-corrected chi connectivity index (χ0v) is 16.6. The largest absolute Gasteiger partial charge is 0.264 e. The van der Waals surface area contributed by atoms with E-state index >= 15 is 0 Å². The average Bonchev–Trinajstić information content (AvgIpc) is 3.14. The van der Waals surface area contributed by atoms with Gasteiger partial charge in [0.1, 0.15) is 0 Å². The molecule has 0 saturated heterocycles. The Morgan fingerprint density at radius 1 is 0.929 bits per heavy atom. The smallest absolute Gasteiger partial charge is 0.0435 e. The second-order valence-electron chi connectivity index (χ2n) is 6.45. The zero-order chi connectivity index (χ0) is 19.3. The van der Waals surface area contributed by atoms with E-state index in [4.69, 9.17) is 0 Å². The van der Waals surface area contributed by atoms with E-state index < -0.39 is 0 Å². The predicted octanol–water partition coefficient (Wildman–Crippen LogP) is 7.78. The summed E-state index contributed by atoms with van der Waals surface area (Å²) in [5, 5.41) is 2.56. The number of allylic oxidation sites excluding steroid dienone is 5. The molecule has 1 nitrogen and oxygen atoms in total.